The first kappa shape index (κ1) is 7.74. The highest BCUT2D eigenvalue weighted by molar-refractivity contribution is 6.31. The number of nitrogens with one attached hydrogen (secondary N) is 1. The van der Waals surface area contributed by atoms with Gasteiger partial charge in [0.1, 0.15) is 12.4 Å². The number of halogens is 1. The molecule has 0 spiro atoms. The summed E-state index contributed by atoms with van der Waals surface area (Å²) >= 11 is 5.89. The highest BCUT2D eigenvalue weighted by atomic mass is 35.5. The van der Waals surface area contributed by atoms with Gasteiger partial charge in [-0.05, 0) is 24.6 Å². The van der Waals surface area contributed by atoms with Gasteiger partial charge in [-0.15, -0.1) is 0 Å². The molecule has 3 heteroatoms. The van der Waals surface area contributed by atoms with Crippen LogP contribution in [-0.4, -0.2) is 13.2 Å². The van der Waals surface area contributed by atoms with Gasteiger partial charge < -0.3 is 10.1 Å². The SMILES string of the molecule is Cc1cc(Cl)cc2c1OCCN2. The molecule has 0 saturated heterocycles. The van der Waals surface area contributed by atoms with Crippen molar-refractivity contribution in [3.05, 3.63) is 22.7 Å². The summed E-state index contributed by atoms with van der Waals surface area (Å²) in [7, 11) is 0. The van der Waals surface area contributed by atoms with Gasteiger partial charge in [0.2, 0.25) is 0 Å². The van der Waals surface area contributed by atoms with Crippen molar-refractivity contribution in [3.63, 3.8) is 0 Å². The van der Waals surface area contributed by atoms with E-state index in [0.717, 1.165) is 35.2 Å². The zero-order chi connectivity index (χ0) is 8.55. The van der Waals surface area contributed by atoms with E-state index in [1.54, 1.807) is 0 Å². The predicted octanol–water partition coefficient (Wildman–Crippen LogP) is 2.45. The summed E-state index contributed by atoms with van der Waals surface area (Å²) in [5.74, 6) is 0.936. The summed E-state index contributed by atoms with van der Waals surface area (Å²) in [6.45, 7) is 3.58. The molecular weight excluding hydrogens is 174 g/mol. The summed E-state index contributed by atoms with van der Waals surface area (Å²) < 4.78 is 5.49. The molecule has 1 aliphatic heterocycles. The van der Waals surface area contributed by atoms with E-state index in [4.69, 9.17) is 16.3 Å². The number of ether oxygens (including phenoxy) is 1. The fourth-order valence-electron chi connectivity index (χ4n) is 1.39. The molecule has 0 saturated carbocycles. The minimum absolute atomic E-state index is 0.732. The second-order valence-electron chi connectivity index (χ2n) is 2.87. The number of hydrogen-bond donors (Lipinski definition) is 1. The predicted molar refractivity (Wildman–Crippen MR) is 50.2 cm³/mol. The second-order valence-corrected chi connectivity index (χ2v) is 3.31. The van der Waals surface area contributed by atoms with Crippen LogP contribution < -0.4 is 10.1 Å². The number of anilines is 1. The van der Waals surface area contributed by atoms with Gasteiger partial charge in [-0.2, -0.15) is 0 Å². The van der Waals surface area contributed by atoms with Crippen molar-refractivity contribution in [2.75, 3.05) is 18.5 Å². The van der Waals surface area contributed by atoms with Gasteiger partial charge >= 0.3 is 0 Å². The molecule has 0 fully saturated rings. The first-order valence-electron chi connectivity index (χ1n) is 3.94. The third-order valence-corrected chi connectivity index (χ3v) is 2.12. The van der Waals surface area contributed by atoms with Crippen LogP contribution in [0.25, 0.3) is 0 Å². The Labute approximate surface area is 76.5 Å². The maximum atomic E-state index is 5.89. The molecule has 1 aromatic rings. The van der Waals surface area contributed by atoms with Crippen molar-refractivity contribution in [3.8, 4) is 5.75 Å². The molecule has 0 bridgehead atoms. The maximum Gasteiger partial charge on any atom is 0.145 e. The summed E-state index contributed by atoms with van der Waals surface area (Å²) in [6.07, 6.45) is 0. The lowest BCUT2D eigenvalue weighted by Gasteiger charge is -2.20. The number of rotatable bonds is 0. The van der Waals surface area contributed by atoms with Crippen LogP contribution >= 0.6 is 11.6 Å². The molecule has 0 aliphatic carbocycles. The van der Waals surface area contributed by atoms with Crippen molar-refractivity contribution in [1.29, 1.82) is 0 Å². The first-order chi connectivity index (χ1) is 5.77. The van der Waals surface area contributed by atoms with Crippen LogP contribution in [0.2, 0.25) is 5.02 Å². The van der Waals surface area contributed by atoms with Crippen LogP contribution in [0.15, 0.2) is 12.1 Å². The van der Waals surface area contributed by atoms with Gasteiger partial charge in [0.25, 0.3) is 0 Å². The molecule has 0 amide bonds. The maximum absolute atomic E-state index is 5.89. The summed E-state index contributed by atoms with van der Waals surface area (Å²) in [5.41, 5.74) is 2.09. The lowest BCUT2D eigenvalue weighted by Crippen LogP contribution is -2.18. The quantitative estimate of drug-likeness (QED) is 0.667. The van der Waals surface area contributed by atoms with E-state index in [1.807, 2.05) is 19.1 Å². The Morgan fingerprint density at radius 2 is 2.33 bits per heavy atom. The van der Waals surface area contributed by atoms with E-state index in [9.17, 15) is 0 Å². The molecule has 1 heterocycles. The zero-order valence-corrected chi connectivity index (χ0v) is 7.61. The molecule has 12 heavy (non-hydrogen) atoms. The molecule has 0 atom stereocenters. The van der Waals surface area contributed by atoms with Gasteiger partial charge in [-0.3, -0.25) is 0 Å². The number of aryl methyl sites for hydroxylation is 1. The van der Waals surface area contributed by atoms with Gasteiger partial charge in [-0.1, -0.05) is 11.6 Å². The average Bonchev–Trinajstić information content (AvgIpc) is 2.04. The second kappa shape index (κ2) is 2.87. The molecule has 0 unspecified atom stereocenters. The fraction of sp³-hybridized carbons (Fsp3) is 0.333. The molecule has 0 radical (unpaired) electrons. The van der Waals surface area contributed by atoms with E-state index >= 15 is 0 Å². The first-order valence-corrected chi connectivity index (χ1v) is 4.32. The average molecular weight is 184 g/mol. The molecular formula is C9H10ClNO. The number of hydrogen-bond acceptors (Lipinski definition) is 2. The minimum atomic E-state index is 0.732. The van der Waals surface area contributed by atoms with Gasteiger partial charge in [0, 0.05) is 11.6 Å². The fourth-order valence-corrected chi connectivity index (χ4v) is 1.66. The van der Waals surface area contributed by atoms with E-state index in [2.05, 4.69) is 5.32 Å². The largest absolute Gasteiger partial charge is 0.489 e. The Balaban J connectivity index is 2.53. The van der Waals surface area contributed by atoms with Crippen LogP contribution in [0.5, 0.6) is 5.75 Å². The Kier molecular flexibility index (Phi) is 1.85. The lowest BCUT2D eigenvalue weighted by molar-refractivity contribution is 0.321. The van der Waals surface area contributed by atoms with Crippen LogP contribution in [0.1, 0.15) is 5.56 Å². The Bertz CT molecular complexity index is 312. The summed E-state index contributed by atoms with van der Waals surface area (Å²) in [4.78, 5) is 0. The molecule has 0 aromatic heterocycles. The van der Waals surface area contributed by atoms with Crippen molar-refractivity contribution >= 4 is 17.3 Å². The molecule has 2 nitrogen and oxygen atoms in total. The highest BCUT2D eigenvalue weighted by Gasteiger charge is 2.12. The van der Waals surface area contributed by atoms with E-state index < -0.39 is 0 Å². The van der Waals surface area contributed by atoms with Crippen molar-refractivity contribution in [1.82, 2.24) is 0 Å². The van der Waals surface area contributed by atoms with Crippen molar-refractivity contribution < 1.29 is 4.74 Å². The van der Waals surface area contributed by atoms with Crippen molar-refractivity contribution in [2.45, 2.75) is 6.92 Å². The van der Waals surface area contributed by atoms with Crippen molar-refractivity contribution in [2.24, 2.45) is 0 Å². The lowest BCUT2D eigenvalue weighted by atomic mass is 10.2. The van der Waals surface area contributed by atoms with Crippen LogP contribution in [0.4, 0.5) is 5.69 Å². The Hall–Kier alpha value is -0.890. The van der Waals surface area contributed by atoms with E-state index in [-0.39, 0.29) is 0 Å². The molecule has 1 aromatic carbocycles. The van der Waals surface area contributed by atoms with Gasteiger partial charge in [0.15, 0.2) is 0 Å². The summed E-state index contributed by atoms with van der Waals surface area (Å²) in [5, 5.41) is 3.99. The molecule has 1 aliphatic rings. The standard InChI is InChI=1S/C9H10ClNO/c1-6-4-7(10)5-8-9(6)12-3-2-11-8/h4-5,11H,2-3H2,1H3. The van der Waals surface area contributed by atoms with Gasteiger partial charge in [0.05, 0.1) is 5.69 Å². The van der Waals surface area contributed by atoms with Crippen LogP contribution in [-0.2, 0) is 0 Å². The van der Waals surface area contributed by atoms with Gasteiger partial charge in [-0.25, -0.2) is 0 Å². The van der Waals surface area contributed by atoms with Crippen LogP contribution in [0, 0.1) is 6.92 Å². The zero-order valence-electron chi connectivity index (χ0n) is 6.86. The highest BCUT2D eigenvalue weighted by Crippen LogP contribution is 2.33. The number of fused-ring (bicyclic) bond motifs is 1. The number of benzene rings is 1. The summed E-state index contributed by atoms with van der Waals surface area (Å²) in [6, 6.07) is 3.80. The third kappa shape index (κ3) is 1.23. The van der Waals surface area contributed by atoms with E-state index in [1.165, 1.54) is 0 Å². The third-order valence-electron chi connectivity index (χ3n) is 1.90. The Morgan fingerprint density at radius 1 is 1.50 bits per heavy atom. The molecule has 2 rings (SSSR count). The Morgan fingerprint density at radius 3 is 3.17 bits per heavy atom. The monoisotopic (exact) mass is 183 g/mol. The van der Waals surface area contributed by atoms with E-state index in [0.29, 0.717) is 0 Å². The smallest absolute Gasteiger partial charge is 0.145 e. The normalized spacial score (nSPS) is 14.5. The molecule has 1 N–H and O–H groups in total. The molecule has 64 valence electrons. The topological polar surface area (TPSA) is 21.3 Å². The van der Waals surface area contributed by atoms with Crippen LogP contribution in [0.3, 0.4) is 0 Å². The minimum Gasteiger partial charge on any atom is -0.489 e.